The highest BCUT2D eigenvalue weighted by atomic mass is 19.2. The fourth-order valence-electron chi connectivity index (χ4n) is 2.75. The van der Waals surface area contributed by atoms with Crippen LogP contribution in [-0.4, -0.2) is 15.0 Å². The fraction of sp³-hybridized carbons (Fsp3) is 0. The molecule has 28 heavy (non-hydrogen) atoms. The molecule has 3 aromatic carbocycles. The Morgan fingerprint density at radius 2 is 1.18 bits per heavy atom. The molecule has 0 aliphatic carbocycles. The van der Waals surface area contributed by atoms with Gasteiger partial charge in [0.25, 0.3) is 0 Å². The summed E-state index contributed by atoms with van der Waals surface area (Å²) in [7, 11) is 0. The molecular formula is C22H12F2N4. The van der Waals surface area contributed by atoms with E-state index < -0.39 is 11.6 Å². The fourth-order valence-corrected chi connectivity index (χ4v) is 2.75. The van der Waals surface area contributed by atoms with Crippen molar-refractivity contribution in [1.82, 2.24) is 15.0 Å². The summed E-state index contributed by atoms with van der Waals surface area (Å²) in [6.07, 6.45) is 0. The first-order valence-corrected chi connectivity index (χ1v) is 8.42. The van der Waals surface area contributed by atoms with E-state index in [2.05, 4.69) is 15.0 Å². The summed E-state index contributed by atoms with van der Waals surface area (Å²) in [5.41, 5.74) is 1.21. The molecule has 0 amide bonds. The molecule has 1 aromatic heterocycles. The highest BCUT2D eigenvalue weighted by Gasteiger charge is 2.18. The van der Waals surface area contributed by atoms with Gasteiger partial charge in [0.05, 0.1) is 17.2 Å². The van der Waals surface area contributed by atoms with E-state index in [-0.39, 0.29) is 17.0 Å². The Bertz CT molecular complexity index is 1130. The van der Waals surface area contributed by atoms with Crippen LogP contribution in [0.25, 0.3) is 34.2 Å². The average molecular weight is 370 g/mol. The molecule has 0 atom stereocenters. The monoisotopic (exact) mass is 370 g/mol. The van der Waals surface area contributed by atoms with Gasteiger partial charge in [0.2, 0.25) is 0 Å². The number of halogens is 2. The Kier molecular flexibility index (Phi) is 4.56. The van der Waals surface area contributed by atoms with Crippen LogP contribution in [0.2, 0.25) is 0 Å². The predicted molar refractivity (Wildman–Crippen MR) is 101 cm³/mol. The highest BCUT2D eigenvalue weighted by molar-refractivity contribution is 5.67. The number of nitriles is 1. The summed E-state index contributed by atoms with van der Waals surface area (Å²) in [6.45, 7) is 0. The van der Waals surface area contributed by atoms with E-state index in [1.54, 1.807) is 0 Å². The van der Waals surface area contributed by atoms with Crippen LogP contribution in [-0.2, 0) is 0 Å². The molecule has 0 spiro atoms. The lowest BCUT2D eigenvalue weighted by Crippen LogP contribution is -2.02. The van der Waals surface area contributed by atoms with Crippen molar-refractivity contribution in [2.45, 2.75) is 0 Å². The Morgan fingerprint density at radius 3 is 1.68 bits per heavy atom. The normalized spacial score (nSPS) is 10.5. The summed E-state index contributed by atoms with van der Waals surface area (Å²) in [5, 5.41) is 9.10. The molecule has 0 saturated heterocycles. The Morgan fingerprint density at radius 1 is 0.679 bits per heavy atom. The zero-order valence-electron chi connectivity index (χ0n) is 14.5. The lowest BCUT2D eigenvalue weighted by molar-refractivity contribution is 0.510. The Hall–Kier alpha value is -3.98. The molecule has 0 fully saturated rings. The Balaban J connectivity index is 1.98. The summed E-state index contributed by atoms with van der Waals surface area (Å²) in [6, 6.07) is 22.2. The van der Waals surface area contributed by atoms with Gasteiger partial charge in [-0.1, -0.05) is 60.7 Å². The zero-order chi connectivity index (χ0) is 19.5. The van der Waals surface area contributed by atoms with Gasteiger partial charge in [0.1, 0.15) is 0 Å². The largest absolute Gasteiger partial charge is 0.208 e. The van der Waals surface area contributed by atoms with Crippen LogP contribution in [0, 0.1) is 23.0 Å². The van der Waals surface area contributed by atoms with Crippen molar-refractivity contribution in [1.29, 1.82) is 5.26 Å². The number of nitrogens with zero attached hydrogens (tertiary/aromatic N) is 4. The SMILES string of the molecule is N#Cc1cc(F)c(F)c(-c2nc(-c3ccccc3)nc(-c3ccccc3)n2)c1. The van der Waals surface area contributed by atoms with Crippen LogP contribution in [0.5, 0.6) is 0 Å². The molecule has 4 nitrogen and oxygen atoms in total. The maximum atomic E-state index is 14.5. The van der Waals surface area contributed by atoms with Gasteiger partial charge >= 0.3 is 0 Å². The van der Waals surface area contributed by atoms with E-state index in [1.165, 1.54) is 6.07 Å². The molecule has 0 saturated carbocycles. The van der Waals surface area contributed by atoms with Crippen molar-refractivity contribution in [3.05, 3.63) is 90.0 Å². The van der Waals surface area contributed by atoms with E-state index in [9.17, 15) is 8.78 Å². The second-order valence-corrected chi connectivity index (χ2v) is 5.97. The van der Waals surface area contributed by atoms with Crippen LogP contribution >= 0.6 is 0 Å². The minimum Gasteiger partial charge on any atom is -0.208 e. The molecular weight excluding hydrogens is 358 g/mol. The van der Waals surface area contributed by atoms with E-state index in [0.29, 0.717) is 22.8 Å². The standard InChI is InChI=1S/C22H12F2N4/c23-18-12-14(13-25)11-17(19(18)24)22-27-20(15-7-3-1-4-8-15)26-21(28-22)16-9-5-2-6-10-16/h1-12H. The molecule has 0 unspecified atom stereocenters. The topological polar surface area (TPSA) is 62.5 Å². The van der Waals surface area contributed by atoms with Crippen LogP contribution < -0.4 is 0 Å². The van der Waals surface area contributed by atoms with E-state index >= 15 is 0 Å². The van der Waals surface area contributed by atoms with Crippen LogP contribution in [0.15, 0.2) is 72.8 Å². The maximum absolute atomic E-state index is 14.5. The van der Waals surface area contributed by atoms with Crippen LogP contribution in [0.3, 0.4) is 0 Å². The molecule has 1 heterocycles. The van der Waals surface area contributed by atoms with Gasteiger partial charge < -0.3 is 0 Å². The third-order valence-corrected chi connectivity index (χ3v) is 4.10. The first-order valence-electron chi connectivity index (χ1n) is 8.42. The third kappa shape index (κ3) is 3.33. The lowest BCUT2D eigenvalue weighted by Gasteiger charge is -2.09. The average Bonchev–Trinajstić information content (AvgIpc) is 2.76. The Labute approximate surface area is 159 Å². The number of benzene rings is 3. The molecule has 0 aliphatic heterocycles. The van der Waals surface area contributed by atoms with Crippen molar-refractivity contribution in [2.24, 2.45) is 0 Å². The summed E-state index contributed by atoms with van der Waals surface area (Å²) in [4.78, 5) is 13.2. The number of rotatable bonds is 3. The molecule has 6 heteroatoms. The molecule has 0 radical (unpaired) electrons. The summed E-state index contributed by atoms with van der Waals surface area (Å²) >= 11 is 0. The van der Waals surface area contributed by atoms with Gasteiger partial charge in [0, 0.05) is 11.1 Å². The van der Waals surface area contributed by atoms with Gasteiger partial charge in [0.15, 0.2) is 29.1 Å². The van der Waals surface area contributed by atoms with Crippen molar-refractivity contribution >= 4 is 0 Å². The lowest BCUT2D eigenvalue weighted by atomic mass is 10.1. The first kappa shape index (κ1) is 17.4. The first-order chi connectivity index (χ1) is 13.7. The highest BCUT2D eigenvalue weighted by Crippen LogP contribution is 2.27. The van der Waals surface area contributed by atoms with Gasteiger partial charge in [-0.2, -0.15) is 5.26 Å². The van der Waals surface area contributed by atoms with Gasteiger partial charge in [-0.3, -0.25) is 0 Å². The minimum atomic E-state index is -1.13. The van der Waals surface area contributed by atoms with Crippen LogP contribution in [0.1, 0.15) is 5.56 Å². The smallest absolute Gasteiger partial charge is 0.169 e. The third-order valence-electron chi connectivity index (χ3n) is 4.10. The summed E-state index contributed by atoms with van der Waals surface area (Å²) in [5.74, 6) is -1.63. The van der Waals surface area contributed by atoms with Gasteiger partial charge in [-0.15, -0.1) is 0 Å². The zero-order valence-corrected chi connectivity index (χ0v) is 14.5. The summed E-state index contributed by atoms with van der Waals surface area (Å²) < 4.78 is 28.4. The van der Waals surface area contributed by atoms with Crippen molar-refractivity contribution in [3.8, 4) is 40.2 Å². The molecule has 0 bridgehead atoms. The molecule has 134 valence electrons. The maximum Gasteiger partial charge on any atom is 0.169 e. The quantitative estimate of drug-likeness (QED) is 0.508. The number of hydrogen-bond acceptors (Lipinski definition) is 4. The number of aromatic nitrogens is 3. The minimum absolute atomic E-state index is 0.0168. The van der Waals surface area contributed by atoms with Crippen molar-refractivity contribution in [2.75, 3.05) is 0 Å². The predicted octanol–water partition coefficient (Wildman–Crippen LogP) is 5.02. The van der Waals surface area contributed by atoms with Crippen molar-refractivity contribution in [3.63, 3.8) is 0 Å². The number of hydrogen-bond donors (Lipinski definition) is 0. The second-order valence-electron chi connectivity index (χ2n) is 5.97. The van der Waals surface area contributed by atoms with Gasteiger partial charge in [-0.25, -0.2) is 23.7 Å². The van der Waals surface area contributed by atoms with E-state index in [0.717, 1.165) is 6.07 Å². The van der Waals surface area contributed by atoms with Crippen LogP contribution in [0.4, 0.5) is 8.78 Å². The van der Waals surface area contributed by atoms with E-state index in [4.69, 9.17) is 5.26 Å². The molecule has 0 aliphatic rings. The van der Waals surface area contributed by atoms with Gasteiger partial charge in [-0.05, 0) is 12.1 Å². The van der Waals surface area contributed by atoms with Crippen molar-refractivity contribution < 1.29 is 8.78 Å². The second kappa shape index (κ2) is 7.33. The molecule has 0 N–H and O–H groups in total. The molecule has 4 aromatic rings. The molecule has 4 rings (SSSR count). The van der Waals surface area contributed by atoms with E-state index in [1.807, 2.05) is 66.7 Å².